The minimum Gasteiger partial charge on any atom is -0.494 e. The van der Waals surface area contributed by atoms with Crippen molar-refractivity contribution >= 4 is 39.8 Å². The summed E-state index contributed by atoms with van der Waals surface area (Å²) in [6.45, 7) is 7.12. The number of rotatable bonds is 7. The van der Waals surface area contributed by atoms with Crippen molar-refractivity contribution in [3.8, 4) is 17.1 Å². The fourth-order valence-electron chi connectivity index (χ4n) is 4.31. The molecule has 0 unspecified atom stereocenters. The molecule has 1 aliphatic rings. The van der Waals surface area contributed by atoms with Crippen molar-refractivity contribution in [2.75, 3.05) is 55.9 Å². The second kappa shape index (κ2) is 10.0. The van der Waals surface area contributed by atoms with Crippen LogP contribution in [0.25, 0.3) is 22.3 Å². The molecule has 1 amide bonds. The summed E-state index contributed by atoms with van der Waals surface area (Å²) in [7, 11) is 3.71. The molecule has 0 spiro atoms. The van der Waals surface area contributed by atoms with Crippen LogP contribution in [0.5, 0.6) is 5.75 Å². The van der Waals surface area contributed by atoms with Gasteiger partial charge in [0.15, 0.2) is 5.82 Å². The third-order valence-electron chi connectivity index (χ3n) is 6.25. The Hall–Kier alpha value is -4.44. The van der Waals surface area contributed by atoms with Crippen LogP contribution in [0.15, 0.2) is 61.6 Å². The summed E-state index contributed by atoms with van der Waals surface area (Å²) >= 11 is 0. The Bertz CT molecular complexity index is 1410. The van der Waals surface area contributed by atoms with Crippen LogP contribution in [-0.4, -0.2) is 71.1 Å². The summed E-state index contributed by atoms with van der Waals surface area (Å²) in [4.78, 5) is 33.3. The number of amides is 1. The zero-order chi connectivity index (χ0) is 25.1. The Kier molecular flexibility index (Phi) is 6.50. The van der Waals surface area contributed by atoms with Crippen molar-refractivity contribution in [2.45, 2.75) is 0 Å². The number of nitrogens with zero attached hydrogens (tertiary/aromatic N) is 5. The molecule has 0 radical (unpaired) electrons. The van der Waals surface area contributed by atoms with Crippen LogP contribution in [0, 0.1) is 0 Å². The molecule has 3 heterocycles. The number of benzene rings is 2. The van der Waals surface area contributed by atoms with Crippen molar-refractivity contribution in [1.82, 2.24) is 24.8 Å². The Balaban J connectivity index is 1.50. The van der Waals surface area contributed by atoms with Gasteiger partial charge in [0.25, 0.3) is 0 Å². The molecule has 184 valence electrons. The van der Waals surface area contributed by atoms with E-state index in [2.05, 4.69) is 54.0 Å². The van der Waals surface area contributed by atoms with Crippen molar-refractivity contribution in [2.24, 2.45) is 0 Å². The molecule has 0 atom stereocenters. The van der Waals surface area contributed by atoms with Gasteiger partial charge in [0.05, 0.1) is 29.7 Å². The van der Waals surface area contributed by atoms with Crippen LogP contribution < -0.4 is 20.3 Å². The van der Waals surface area contributed by atoms with E-state index < -0.39 is 0 Å². The molecule has 1 aliphatic heterocycles. The predicted octanol–water partition coefficient (Wildman–Crippen LogP) is 3.65. The van der Waals surface area contributed by atoms with Crippen LogP contribution in [0.3, 0.4) is 0 Å². The van der Waals surface area contributed by atoms with Gasteiger partial charge in [0, 0.05) is 49.4 Å². The molecular formula is C26H28N8O2. The average Bonchev–Trinajstić information content (AvgIpc) is 3.39. The number of aromatic amines is 1. The molecule has 1 fully saturated rings. The number of nitrogens with one attached hydrogen (secondary N) is 3. The van der Waals surface area contributed by atoms with Crippen LogP contribution >= 0.6 is 0 Å². The number of fused-ring (bicyclic) bond motifs is 1. The highest BCUT2D eigenvalue weighted by molar-refractivity contribution is 6.02. The average molecular weight is 485 g/mol. The third-order valence-corrected chi connectivity index (χ3v) is 6.25. The Morgan fingerprint density at radius 3 is 2.75 bits per heavy atom. The maximum Gasteiger partial charge on any atom is 0.247 e. The van der Waals surface area contributed by atoms with Gasteiger partial charge in [-0.15, -0.1) is 0 Å². The summed E-state index contributed by atoms with van der Waals surface area (Å²) in [5, 5.41) is 7.25. The number of hydrogen-bond donors (Lipinski definition) is 3. The van der Waals surface area contributed by atoms with E-state index in [1.54, 1.807) is 7.11 Å². The van der Waals surface area contributed by atoms with Crippen molar-refractivity contribution < 1.29 is 9.53 Å². The zero-order valence-corrected chi connectivity index (χ0v) is 20.3. The standard InChI is InChI=1S/C26H28N8O2/c1-4-23(35)30-19-14-20(22(36-3)15-21(19)34-12-10-33(2)11-13-34)31-26-29-16-28-25(32-26)18-7-5-6-17-8-9-27-24(17)18/h4-9,14-16,27H,1,10-13H2,2-3H3,(H,30,35)(H,28,29,31,32). The molecule has 10 nitrogen and oxygen atoms in total. The number of H-pyrrole nitrogens is 1. The number of carbonyl (C=O) groups is 1. The third kappa shape index (κ3) is 4.71. The molecule has 0 aliphatic carbocycles. The fourth-order valence-corrected chi connectivity index (χ4v) is 4.31. The fraction of sp³-hybridized carbons (Fsp3) is 0.231. The highest BCUT2D eigenvalue weighted by Gasteiger charge is 2.21. The van der Waals surface area contributed by atoms with Crippen LogP contribution in [-0.2, 0) is 4.79 Å². The number of carbonyl (C=O) groups excluding carboxylic acids is 1. The number of likely N-dealkylation sites (N-methyl/N-ethyl adjacent to an activating group) is 1. The minimum absolute atomic E-state index is 0.289. The van der Waals surface area contributed by atoms with Gasteiger partial charge in [0.2, 0.25) is 11.9 Å². The molecule has 4 aromatic rings. The van der Waals surface area contributed by atoms with Crippen molar-refractivity contribution in [1.29, 1.82) is 0 Å². The molecule has 10 heteroatoms. The normalized spacial score (nSPS) is 14.0. The van der Waals surface area contributed by atoms with Crippen molar-refractivity contribution in [3.05, 3.63) is 61.6 Å². The van der Waals surface area contributed by atoms with E-state index >= 15 is 0 Å². The van der Waals surface area contributed by atoms with Crippen LogP contribution in [0.4, 0.5) is 23.0 Å². The first-order valence-corrected chi connectivity index (χ1v) is 11.7. The lowest BCUT2D eigenvalue weighted by Gasteiger charge is -2.35. The van der Waals surface area contributed by atoms with E-state index in [0.29, 0.717) is 28.9 Å². The first-order chi connectivity index (χ1) is 17.6. The predicted molar refractivity (Wildman–Crippen MR) is 142 cm³/mol. The quantitative estimate of drug-likeness (QED) is 0.341. The van der Waals surface area contributed by atoms with Gasteiger partial charge in [-0.2, -0.15) is 4.98 Å². The zero-order valence-electron chi connectivity index (χ0n) is 20.3. The van der Waals surface area contributed by atoms with Gasteiger partial charge < -0.3 is 30.2 Å². The number of piperazine rings is 1. The Labute approximate surface area is 209 Å². The van der Waals surface area contributed by atoms with E-state index in [9.17, 15) is 4.79 Å². The lowest BCUT2D eigenvalue weighted by molar-refractivity contribution is -0.111. The number of hydrogen-bond acceptors (Lipinski definition) is 8. The molecule has 3 N–H and O–H groups in total. The second-order valence-electron chi connectivity index (χ2n) is 8.56. The van der Waals surface area contributed by atoms with E-state index in [-0.39, 0.29) is 5.91 Å². The lowest BCUT2D eigenvalue weighted by Crippen LogP contribution is -2.44. The van der Waals surface area contributed by atoms with Gasteiger partial charge in [-0.3, -0.25) is 4.79 Å². The minimum atomic E-state index is -0.289. The number of anilines is 4. The highest BCUT2D eigenvalue weighted by atomic mass is 16.5. The monoisotopic (exact) mass is 484 g/mol. The summed E-state index contributed by atoms with van der Waals surface area (Å²) in [6.07, 6.45) is 4.61. The molecule has 2 aromatic carbocycles. The number of ether oxygens (including phenoxy) is 1. The van der Waals surface area contributed by atoms with Gasteiger partial charge in [-0.25, -0.2) is 9.97 Å². The van der Waals surface area contributed by atoms with Gasteiger partial charge in [-0.1, -0.05) is 18.7 Å². The van der Waals surface area contributed by atoms with Gasteiger partial charge in [0.1, 0.15) is 12.1 Å². The van der Waals surface area contributed by atoms with Crippen molar-refractivity contribution in [3.63, 3.8) is 0 Å². The highest BCUT2D eigenvalue weighted by Crippen LogP contribution is 2.38. The van der Waals surface area contributed by atoms with Gasteiger partial charge in [-0.05, 0) is 31.3 Å². The van der Waals surface area contributed by atoms with E-state index in [1.165, 1.54) is 12.4 Å². The summed E-state index contributed by atoms with van der Waals surface area (Å²) < 4.78 is 5.71. The molecule has 36 heavy (non-hydrogen) atoms. The lowest BCUT2D eigenvalue weighted by atomic mass is 10.1. The summed E-state index contributed by atoms with van der Waals surface area (Å²) in [5.74, 6) is 1.21. The molecule has 1 saturated heterocycles. The summed E-state index contributed by atoms with van der Waals surface area (Å²) in [6, 6.07) is 11.7. The maximum atomic E-state index is 12.2. The Morgan fingerprint density at radius 2 is 1.97 bits per heavy atom. The maximum absolute atomic E-state index is 12.2. The second-order valence-corrected chi connectivity index (χ2v) is 8.56. The number of para-hydroxylation sites is 1. The molecule has 5 rings (SSSR count). The largest absolute Gasteiger partial charge is 0.494 e. The Morgan fingerprint density at radius 1 is 1.14 bits per heavy atom. The molecule has 0 bridgehead atoms. The summed E-state index contributed by atoms with van der Waals surface area (Å²) in [5.41, 5.74) is 3.98. The van der Waals surface area contributed by atoms with Crippen LogP contribution in [0.2, 0.25) is 0 Å². The van der Waals surface area contributed by atoms with Crippen LogP contribution in [0.1, 0.15) is 0 Å². The van der Waals surface area contributed by atoms with E-state index in [1.807, 2.05) is 42.6 Å². The first-order valence-electron chi connectivity index (χ1n) is 11.7. The van der Waals surface area contributed by atoms with E-state index in [0.717, 1.165) is 48.3 Å². The van der Waals surface area contributed by atoms with Gasteiger partial charge >= 0.3 is 0 Å². The SMILES string of the molecule is C=CC(=O)Nc1cc(Nc2ncnc(-c3cccc4cc[nH]c34)n2)c(OC)cc1N1CCN(C)CC1. The topological polar surface area (TPSA) is 111 Å². The number of aromatic nitrogens is 4. The molecule has 0 saturated carbocycles. The smallest absolute Gasteiger partial charge is 0.247 e. The van der Waals surface area contributed by atoms with E-state index in [4.69, 9.17) is 4.74 Å². The number of methoxy groups -OCH3 is 1. The molecule has 2 aromatic heterocycles. The molecular weight excluding hydrogens is 456 g/mol. The first kappa shape index (κ1) is 23.3.